The van der Waals surface area contributed by atoms with E-state index in [4.69, 9.17) is 10.5 Å². The number of rotatable bonds is 10. The summed E-state index contributed by atoms with van der Waals surface area (Å²) < 4.78 is 11.4. The van der Waals surface area contributed by atoms with Crippen molar-refractivity contribution in [2.45, 2.75) is 32.4 Å². The van der Waals surface area contributed by atoms with Crippen LogP contribution in [0.25, 0.3) is 0 Å². The summed E-state index contributed by atoms with van der Waals surface area (Å²) in [6.07, 6.45) is 0.438. The summed E-state index contributed by atoms with van der Waals surface area (Å²) in [5.41, 5.74) is 5.03. The normalized spacial score (nSPS) is 11.5. The van der Waals surface area contributed by atoms with Crippen LogP contribution in [0.15, 0.2) is 70.3 Å². The van der Waals surface area contributed by atoms with E-state index < -0.39 is 53.6 Å². The third-order valence-electron chi connectivity index (χ3n) is 5.69. The van der Waals surface area contributed by atoms with E-state index in [-0.39, 0.29) is 12.4 Å². The van der Waals surface area contributed by atoms with Gasteiger partial charge >= 0.3 is 17.6 Å². The van der Waals surface area contributed by atoms with Crippen LogP contribution >= 0.6 is 0 Å². The first kappa shape index (κ1) is 26.1. The number of carbonyl (C=O) groups excluding carboxylic acids is 3. The van der Waals surface area contributed by atoms with E-state index in [1.165, 1.54) is 0 Å². The SMILES string of the molecule is CC[C@@H](C(=O)OCC(=O)c1c(N)n(Cc2ccccc2)c(=O)n(CC(=O)OC)c1=O)c1ccccc1. The van der Waals surface area contributed by atoms with Crippen LogP contribution in [0.5, 0.6) is 0 Å². The van der Waals surface area contributed by atoms with Crippen molar-refractivity contribution >= 4 is 23.5 Å². The van der Waals surface area contributed by atoms with Gasteiger partial charge in [0.25, 0.3) is 5.56 Å². The number of hydrogen-bond donors (Lipinski definition) is 1. The molecule has 1 aromatic heterocycles. The minimum atomic E-state index is -1.07. The molecule has 0 saturated heterocycles. The summed E-state index contributed by atoms with van der Waals surface area (Å²) in [6.45, 7) is 0.279. The molecule has 0 radical (unpaired) electrons. The van der Waals surface area contributed by atoms with Crippen LogP contribution in [0.3, 0.4) is 0 Å². The molecule has 2 N–H and O–H groups in total. The molecule has 0 spiro atoms. The van der Waals surface area contributed by atoms with E-state index in [9.17, 15) is 24.0 Å². The van der Waals surface area contributed by atoms with E-state index in [1.54, 1.807) is 54.6 Å². The second-order valence-electron chi connectivity index (χ2n) is 7.98. The second-order valence-corrected chi connectivity index (χ2v) is 7.98. The van der Waals surface area contributed by atoms with Gasteiger partial charge in [-0.1, -0.05) is 67.6 Å². The van der Waals surface area contributed by atoms with Crippen molar-refractivity contribution in [2.24, 2.45) is 0 Å². The van der Waals surface area contributed by atoms with Gasteiger partial charge in [-0.25, -0.2) is 9.36 Å². The fourth-order valence-corrected chi connectivity index (χ4v) is 3.76. The lowest BCUT2D eigenvalue weighted by Crippen LogP contribution is -2.46. The molecule has 3 aromatic rings. The number of nitrogens with zero attached hydrogens (tertiary/aromatic N) is 2. The molecule has 0 fully saturated rings. The molecular weight excluding hydrogens is 466 g/mol. The zero-order valence-electron chi connectivity index (χ0n) is 20.0. The fourth-order valence-electron chi connectivity index (χ4n) is 3.76. The standard InChI is InChI=1S/C26H27N3O7/c1-3-19(18-12-8-5-9-13-18)25(33)36-16-20(30)22-23(27)28(14-17-10-6-4-7-11-17)26(34)29(24(22)32)15-21(31)35-2/h4-13,19H,3,14-16,27H2,1-2H3/t19-/m1/s1. The van der Waals surface area contributed by atoms with E-state index in [0.29, 0.717) is 16.6 Å². The molecule has 3 rings (SSSR count). The van der Waals surface area contributed by atoms with Crippen LogP contribution in [-0.2, 0) is 32.2 Å². The molecular formula is C26H27N3O7. The third kappa shape index (κ3) is 5.77. The van der Waals surface area contributed by atoms with Crippen LogP contribution in [0, 0.1) is 0 Å². The lowest BCUT2D eigenvalue weighted by Gasteiger charge is -2.17. The van der Waals surface area contributed by atoms with Crippen molar-refractivity contribution in [3.05, 3.63) is 98.2 Å². The van der Waals surface area contributed by atoms with Crippen LogP contribution in [0.1, 0.15) is 40.7 Å². The maximum atomic E-state index is 13.1. The molecule has 0 aliphatic rings. The molecule has 0 amide bonds. The number of Topliss-reactive ketones (excluding diaryl/α,β-unsaturated/α-hetero) is 1. The van der Waals surface area contributed by atoms with E-state index in [0.717, 1.165) is 17.2 Å². The Hall–Kier alpha value is -4.47. The Morgan fingerprint density at radius 2 is 1.56 bits per heavy atom. The molecule has 188 valence electrons. The van der Waals surface area contributed by atoms with Crippen LogP contribution in [0.4, 0.5) is 5.82 Å². The molecule has 1 heterocycles. The summed E-state index contributed by atoms with van der Waals surface area (Å²) in [5.74, 6) is -3.37. The molecule has 36 heavy (non-hydrogen) atoms. The minimum absolute atomic E-state index is 0.0566. The van der Waals surface area contributed by atoms with Gasteiger partial charge in [0.2, 0.25) is 5.78 Å². The molecule has 0 bridgehead atoms. The summed E-state index contributed by atoms with van der Waals surface area (Å²) in [4.78, 5) is 63.7. The van der Waals surface area contributed by atoms with Crippen LogP contribution in [-0.4, -0.2) is 40.6 Å². The summed E-state index contributed by atoms with van der Waals surface area (Å²) in [7, 11) is 1.11. The number of nitrogen functional groups attached to an aromatic ring is 1. The molecule has 0 aliphatic heterocycles. The molecule has 0 aliphatic carbocycles. The third-order valence-corrected chi connectivity index (χ3v) is 5.69. The van der Waals surface area contributed by atoms with Crippen molar-refractivity contribution in [3.8, 4) is 0 Å². The van der Waals surface area contributed by atoms with Crippen LogP contribution in [0.2, 0.25) is 0 Å². The highest BCUT2D eigenvalue weighted by Gasteiger charge is 2.26. The topological polar surface area (TPSA) is 140 Å². The van der Waals surface area contributed by atoms with Gasteiger partial charge in [0, 0.05) is 0 Å². The number of ketones is 1. The lowest BCUT2D eigenvalue weighted by atomic mass is 9.97. The number of methoxy groups -OCH3 is 1. The quantitative estimate of drug-likeness (QED) is 0.333. The number of anilines is 1. The predicted molar refractivity (Wildman–Crippen MR) is 132 cm³/mol. The molecule has 2 aromatic carbocycles. The van der Waals surface area contributed by atoms with Gasteiger partial charge in [-0.15, -0.1) is 0 Å². The highest BCUT2D eigenvalue weighted by atomic mass is 16.5. The smallest absolute Gasteiger partial charge is 0.333 e. The Kier molecular flexibility index (Phi) is 8.56. The highest BCUT2D eigenvalue weighted by Crippen LogP contribution is 2.21. The molecule has 0 unspecified atom stereocenters. The Morgan fingerprint density at radius 1 is 0.944 bits per heavy atom. The number of carbonyl (C=O) groups is 3. The largest absolute Gasteiger partial charge is 0.468 e. The predicted octanol–water partition coefficient (Wildman–Crippen LogP) is 1.73. The summed E-state index contributed by atoms with van der Waals surface area (Å²) in [5, 5.41) is 0. The van der Waals surface area contributed by atoms with Crippen LogP contribution < -0.4 is 17.0 Å². The first-order valence-corrected chi connectivity index (χ1v) is 11.3. The zero-order valence-corrected chi connectivity index (χ0v) is 20.0. The van der Waals surface area contributed by atoms with Gasteiger partial charge in [0.05, 0.1) is 19.6 Å². The minimum Gasteiger partial charge on any atom is -0.468 e. The lowest BCUT2D eigenvalue weighted by molar-refractivity contribution is -0.144. The second kappa shape index (κ2) is 11.8. The van der Waals surface area contributed by atoms with Gasteiger partial charge in [0.1, 0.15) is 17.9 Å². The van der Waals surface area contributed by atoms with Gasteiger partial charge in [-0.05, 0) is 17.5 Å². The monoisotopic (exact) mass is 493 g/mol. The number of benzene rings is 2. The molecule has 1 atom stereocenters. The van der Waals surface area contributed by atoms with E-state index in [2.05, 4.69) is 4.74 Å². The maximum absolute atomic E-state index is 13.1. The summed E-state index contributed by atoms with van der Waals surface area (Å²) >= 11 is 0. The fraction of sp³-hybridized carbons (Fsp3) is 0.269. The van der Waals surface area contributed by atoms with E-state index in [1.807, 2.05) is 13.0 Å². The van der Waals surface area contributed by atoms with E-state index >= 15 is 0 Å². The Labute approximate surface area is 206 Å². The van der Waals surface area contributed by atoms with Gasteiger partial charge in [-0.2, -0.15) is 0 Å². The Morgan fingerprint density at radius 3 is 2.14 bits per heavy atom. The van der Waals surface area contributed by atoms with Gasteiger partial charge < -0.3 is 15.2 Å². The first-order valence-electron chi connectivity index (χ1n) is 11.3. The van der Waals surface area contributed by atoms with Crippen molar-refractivity contribution in [3.63, 3.8) is 0 Å². The van der Waals surface area contributed by atoms with Gasteiger partial charge in [-0.3, -0.25) is 23.7 Å². The number of aromatic nitrogens is 2. The van der Waals surface area contributed by atoms with Crippen molar-refractivity contribution < 1.29 is 23.9 Å². The van der Waals surface area contributed by atoms with Crippen molar-refractivity contribution in [1.29, 1.82) is 0 Å². The number of esters is 2. The van der Waals surface area contributed by atoms with Gasteiger partial charge in [0.15, 0.2) is 6.61 Å². The Balaban J connectivity index is 1.96. The summed E-state index contributed by atoms with van der Waals surface area (Å²) in [6, 6.07) is 17.7. The zero-order chi connectivity index (χ0) is 26.2. The molecule has 10 nitrogen and oxygen atoms in total. The average molecular weight is 494 g/mol. The molecule has 10 heteroatoms. The Bertz CT molecular complexity index is 1360. The number of hydrogen-bond acceptors (Lipinski definition) is 8. The maximum Gasteiger partial charge on any atom is 0.333 e. The molecule has 0 saturated carbocycles. The van der Waals surface area contributed by atoms with Crippen molar-refractivity contribution in [2.75, 3.05) is 19.5 Å². The first-order chi connectivity index (χ1) is 17.3. The number of ether oxygens (including phenoxy) is 2. The number of nitrogens with two attached hydrogens (primary N) is 1. The highest BCUT2D eigenvalue weighted by molar-refractivity contribution is 6.01. The van der Waals surface area contributed by atoms with Crippen molar-refractivity contribution in [1.82, 2.24) is 9.13 Å². The average Bonchev–Trinajstić information content (AvgIpc) is 2.89.